The van der Waals surface area contributed by atoms with E-state index in [2.05, 4.69) is 51.0 Å². The van der Waals surface area contributed by atoms with Gasteiger partial charge in [0.05, 0.1) is 9.79 Å². The number of rotatable bonds is 6. The van der Waals surface area contributed by atoms with Crippen LogP contribution in [0.5, 0.6) is 0 Å². The van der Waals surface area contributed by atoms with E-state index in [0.717, 1.165) is 24.0 Å². The summed E-state index contributed by atoms with van der Waals surface area (Å²) in [6.07, 6.45) is 2.84. The van der Waals surface area contributed by atoms with Crippen LogP contribution in [0.1, 0.15) is 78.4 Å². The second kappa shape index (κ2) is 9.72. The summed E-state index contributed by atoms with van der Waals surface area (Å²) in [6.45, 7) is 12.4. The number of nitrogens with one attached hydrogen (secondary N) is 2. The van der Waals surface area contributed by atoms with Crippen molar-refractivity contribution in [2.75, 3.05) is 0 Å². The lowest BCUT2D eigenvalue weighted by molar-refractivity contribution is 0.340. The van der Waals surface area contributed by atoms with Crippen LogP contribution in [0, 0.1) is 0 Å². The third-order valence-electron chi connectivity index (χ3n) is 6.44. The second-order valence-electron chi connectivity index (χ2n) is 11.3. The monoisotopic (exact) mass is 506 g/mol. The van der Waals surface area contributed by atoms with Crippen molar-refractivity contribution in [3.05, 3.63) is 59.7 Å². The molecule has 0 amide bonds. The lowest BCUT2D eigenvalue weighted by Crippen LogP contribution is -2.53. The number of hydrogen-bond acceptors (Lipinski definition) is 4. The smallest absolute Gasteiger partial charge is 0.207 e. The Morgan fingerprint density at radius 3 is 1.15 bits per heavy atom. The Hall–Kier alpha value is -1.74. The topological polar surface area (TPSA) is 92.3 Å². The molecular formula is C26H38N2O4S2. The van der Waals surface area contributed by atoms with E-state index in [1.807, 2.05) is 24.3 Å². The molecule has 1 aliphatic rings. The summed E-state index contributed by atoms with van der Waals surface area (Å²) in [5.41, 5.74) is 1.95. The summed E-state index contributed by atoms with van der Waals surface area (Å²) < 4.78 is 57.9. The van der Waals surface area contributed by atoms with Gasteiger partial charge in [0, 0.05) is 12.1 Å². The third kappa shape index (κ3) is 6.47. The fourth-order valence-electron chi connectivity index (χ4n) is 4.22. The van der Waals surface area contributed by atoms with E-state index in [9.17, 15) is 16.8 Å². The zero-order valence-corrected chi connectivity index (χ0v) is 22.7. The van der Waals surface area contributed by atoms with Crippen LogP contribution < -0.4 is 9.44 Å². The number of hydrogen-bond donors (Lipinski definition) is 2. The summed E-state index contributed by atoms with van der Waals surface area (Å²) in [4.78, 5) is 0.371. The highest BCUT2D eigenvalue weighted by atomic mass is 32.2. The Balaban J connectivity index is 1.77. The predicted octanol–water partition coefficient (Wildman–Crippen LogP) is 4.85. The molecule has 1 aliphatic carbocycles. The van der Waals surface area contributed by atoms with Gasteiger partial charge >= 0.3 is 0 Å². The highest BCUT2D eigenvalue weighted by Gasteiger charge is 2.33. The maximum atomic E-state index is 13.1. The minimum Gasteiger partial charge on any atom is -0.207 e. The Morgan fingerprint density at radius 1 is 0.588 bits per heavy atom. The van der Waals surface area contributed by atoms with Crippen molar-refractivity contribution >= 4 is 20.0 Å². The first kappa shape index (κ1) is 26.9. The van der Waals surface area contributed by atoms with Gasteiger partial charge in [-0.2, -0.15) is 0 Å². The fraction of sp³-hybridized carbons (Fsp3) is 0.538. The largest absolute Gasteiger partial charge is 0.240 e. The summed E-state index contributed by atoms with van der Waals surface area (Å²) in [6, 6.07) is 12.8. The Labute approximate surface area is 205 Å². The van der Waals surface area contributed by atoms with Crippen LogP contribution in [-0.2, 0) is 30.9 Å². The molecule has 0 heterocycles. The van der Waals surface area contributed by atoms with Gasteiger partial charge in [0.2, 0.25) is 20.0 Å². The zero-order valence-electron chi connectivity index (χ0n) is 21.1. The molecule has 0 bridgehead atoms. The van der Waals surface area contributed by atoms with Crippen molar-refractivity contribution in [1.82, 2.24) is 9.44 Å². The standard InChI is InChI=1S/C26H38N2O4S2/c1-25(2,3)19-11-15-21(16-12-19)33(29,30)27-23-9-7-8-10-24(23)28-34(31,32)22-17-13-20(14-18-22)26(4,5)6/h11-18,23-24,27-28H,7-10H2,1-6H3/t23-,24-/m0/s1. The van der Waals surface area contributed by atoms with Crippen molar-refractivity contribution in [2.24, 2.45) is 0 Å². The van der Waals surface area contributed by atoms with Crippen molar-refractivity contribution < 1.29 is 16.8 Å². The van der Waals surface area contributed by atoms with E-state index < -0.39 is 32.1 Å². The molecule has 0 aromatic heterocycles. The first-order valence-electron chi connectivity index (χ1n) is 11.9. The zero-order chi connectivity index (χ0) is 25.4. The average Bonchev–Trinajstić information content (AvgIpc) is 2.74. The van der Waals surface area contributed by atoms with Crippen LogP contribution in [0.15, 0.2) is 58.3 Å². The van der Waals surface area contributed by atoms with Gasteiger partial charge in [0.1, 0.15) is 0 Å². The molecule has 0 saturated heterocycles. The summed E-state index contributed by atoms with van der Waals surface area (Å²) >= 11 is 0. The summed E-state index contributed by atoms with van der Waals surface area (Å²) in [7, 11) is -7.56. The van der Waals surface area contributed by atoms with Crippen LogP contribution in [0.3, 0.4) is 0 Å². The lowest BCUT2D eigenvalue weighted by Gasteiger charge is -2.32. The van der Waals surface area contributed by atoms with Crippen LogP contribution in [0.2, 0.25) is 0 Å². The van der Waals surface area contributed by atoms with Gasteiger partial charge in [-0.15, -0.1) is 0 Å². The number of benzene rings is 2. The summed E-state index contributed by atoms with van der Waals surface area (Å²) in [5, 5.41) is 0. The van der Waals surface area contributed by atoms with Gasteiger partial charge in [0.15, 0.2) is 0 Å². The van der Waals surface area contributed by atoms with Crippen LogP contribution in [0.4, 0.5) is 0 Å². The molecule has 2 aromatic rings. The first-order chi connectivity index (χ1) is 15.6. The van der Waals surface area contributed by atoms with Crippen molar-refractivity contribution in [3.63, 3.8) is 0 Å². The van der Waals surface area contributed by atoms with Crippen molar-refractivity contribution in [1.29, 1.82) is 0 Å². The molecule has 0 radical (unpaired) electrons. The van der Waals surface area contributed by atoms with E-state index in [1.54, 1.807) is 24.3 Å². The second-order valence-corrected chi connectivity index (χ2v) is 14.7. The number of sulfonamides is 2. The normalized spacial score (nSPS) is 20.3. The molecule has 0 unspecified atom stereocenters. The maximum absolute atomic E-state index is 13.1. The molecule has 0 aliphatic heterocycles. The highest BCUT2D eigenvalue weighted by molar-refractivity contribution is 7.90. The molecular weight excluding hydrogens is 468 g/mol. The molecule has 1 fully saturated rings. The van der Waals surface area contributed by atoms with Gasteiger partial charge in [0.25, 0.3) is 0 Å². The average molecular weight is 507 g/mol. The lowest BCUT2D eigenvalue weighted by atomic mass is 9.87. The first-order valence-corrected chi connectivity index (χ1v) is 14.8. The molecule has 6 nitrogen and oxygen atoms in total. The summed E-state index contributed by atoms with van der Waals surface area (Å²) in [5.74, 6) is 0. The van der Waals surface area contributed by atoms with Gasteiger partial charge in [-0.25, -0.2) is 26.3 Å². The van der Waals surface area contributed by atoms with E-state index in [1.165, 1.54) is 0 Å². The van der Waals surface area contributed by atoms with E-state index in [4.69, 9.17) is 0 Å². The SMILES string of the molecule is CC(C)(C)c1ccc(S(=O)(=O)N[C@H]2CCCC[C@@H]2NS(=O)(=O)c2ccc(C(C)(C)C)cc2)cc1. The molecule has 3 rings (SSSR count). The Bertz CT molecular complexity index is 1090. The van der Waals surface area contributed by atoms with Crippen molar-refractivity contribution in [2.45, 2.75) is 99.9 Å². The maximum Gasteiger partial charge on any atom is 0.240 e. The predicted molar refractivity (Wildman–Crippen MR) is 137 cm³/mol. The van der Waals surface area contributed by atoms with Gasteiger partial charge in [-0.1, -0.05) is 78.6 Å². The van der Waals surface area contributed by atoms with Crippen LogP contribution in [-0.4, -0.2) is 28.9 Å². The van der Waals surface area contributed by atoms with E-state index >= 15 is 0 Å². The van der Waals surface area contributed by atoms with Gasteiger partial charge in [-0.05, 0) is 59.1 Å². The van der Waals surface area contributed by atoms with E-state index in [-0.39, 0.29) is 20.6 Å². The highest BCUT2D eigenvalue weighted by Crippen LogP contribution is 2.27. The quantitative estimate of drug-likeness (QED) is 0.586. The van der Waals surface area contributed by atoms with Crippen LogP contribution >= 0.6 is 0 Å². The molecule has 188 valence electrons. The molecule has 2 atom stereocenters. The Morgan fingerprint density at radius 2 is 0.882 bits per heavy atom. The van der Waals surface area contributed by atoms with Gasteiger partial charge in [-0.3, -0.25) is 0 Å². The minimum atomic E-state index is -3.78. The molecule has 34 heavy (non-hydrogen) atoms. The minimum absolute atomic E-state index is 0.0758. The molecule has 0 spiro atoms. The van der Waals surface area contributed by atoms with Crippen molar-refractivity contribution in [3.8, 4) is 0 Å². The third-order valence-corrected chi connectivity index (χ3v) is 9.45. The fourth-order valence-corrected chi connectivity index (χ4v) is 6.84. The molecule has 2 aromatic carbocycles. The molecule has 8 heteroatoms. The molecule has 2 N–H and O–H groups in total. The Kier molecular flexibility index (Phi) is 7.68. The van der Waals surface area contributed by atoms with Crippen LogP contribution in [0.25, 0.3) is 0 Å². The molecule has 1 saturated carbocycles. The van der Waals surface area contributed by atoms with E-state index in [0.29, 0.717) is 12.8 Å². The van der Waals surface area contributed by atoms with Gasteiger partial charge < -0.3 is 0 Å².